The average molecular weight is 541 g/mol. The van der Waals surface area contributed by atoms with Crippen molar-refractivity contribution in [3.63, 3.8) is 0 Å². The van der Waals surface area contributed by atoms with Gasteiger partial charge in [-0.1, -0.05) is 60.5 Å². The summed E-state index contributed by atoms with van der Waals surface area (Å²) in [6.07, 6.45) is 19.7. The van der Waals surface area contributed by atoms with Gasteiger partial charge in [-0.15, -0.1) is 49.8 Å². The van der Waals surface area contributed by atoms with E-state index in [1.54, 1.807) is 0 Å². The molecule has 31 heavy (non-hydrogen) atoms. The van der Waals surface area contributed by atoms with Crippen LogP contribution in [0.1, 0.15) is 72.8 Å². The van der Waals surface area contributed by atoms with Gasteiger partial charge in [0.2, 0.25) is 0 Å². The molecule has 0 atom stereocenters. The van der Waals surface area contributed by atoms with Crippen molar-refractivity contribution < 1.29 is 26.2 Å². The van der Waals surface area contributed by atoms with Crippen molar-refractivity contribution in [1.82, 2.24) is 0 Å². The van der Waals surface area contributed by atoms with Crippen LogP contribution in [0.4, 0.5) is 0 Å². The Morgan fingerprint density at radius 3 is 1.29 bits per heavy atom. The summed E-state index contributed by atoms with van der Waals surface area (Å²) in [4.78, 5) is 0. The molecule has 0 nitrogen and oxygen atoms in total. The fourth-order valence-corrected chi connectivity index (χ4v) is 2.76. The van der Waals surface area contributed by atoms with Crippen LogP contribution in [0.3, 0.4) is 0 Å². The van der Waals surface area contributed by atoms with Crippen LogP contribution < -0.4 is 0 Å². The molecule has 0 saturated heterocycles. The van der Waals surface area contributed by atoms with Crippen molar-refractivity contribution in [3.05, 3.63) is 97.8 Å². The van der Waals surface area contributed by atoms with E-state index < -0.39 is 0 Å². The minimum Gasteiger partial charge on any atom is -0.358 e. The molecule has 0 heterocycles. The monoisotopic (exact) mass is 538 g/mol. The SMILES string of the molecule is CC(C)(C)CC1=[C-]CC=C1.CC(C)(C)CC1=[C-]CC=C1.Cl.Cl.[CH2-]c1ccccc1.[CH3-].[Zr+4]. The molecule has 0 aromatic heterocycles. The standard InChI is InChI=1S/2C10H15.C7H7.CH3.2ClH.Zr/c2*1-10(2,3)8-9-6-4-5-7-9;1-7-5-3-2-4-6-7;;;;/h2*4,6H,5,8H2,1-3H3;2-6H,1H2;1H3;2*1H;/q4*-1;;;+4. The molecule has 1 aromatic carbocycles. The van der Waals surface area contributed by atoms with Gasteiger partial charge in [-0.05, 0) is 10.8 Å². The summed E-state index contributed by atoms with van der Waals surface area (Å²) in [5, 5.41) is 0. The Morgan fingerprint density at radius 1 is 0.742 bits per heavy atom. The van der Waals surface area contributed by atoms with Gasteiger partial charge in [0.05, 0.1) is 0 Å². The van der Waals surface area contributed by atoms with Crippen LogP contribution in [0.5, 0.6) is 0 Å². The van der Waals surface area contributed by atoms with E-state index in [1.807, 2.05) is 30.3 Å². The van der Waals surface area contributed by atoms with Gasteiger partial charge in [-0.3, -0.25) is 12.2 Å². The zero-order valence-electron chi connectivity index (χ0n) is 20.5. The van der Waals surface area contributed by atoms with Gasteiger partial charge in [-0.25, -0.2) is 23.3 Å². The van der Waals surface area contributed by atoms with E-state index in [2.05, 4.69) is 84.9 Å². The van der Waals surface area contributed by atoms with Gasteiger partial charge >= 0.3 is 26.2 Å². The molecule has 0 saturated carbocycles. The summed E-state index contributed by atoms with van der Waals surface area (Å²) in [6.45, 7) is 17.3. The first-order valence-corrected chi connectivity index (χ1v) is 9.95. The van der Waals surface area contributed by atoms with Crippen molar-refractivity contribution >= 4 is 24.8 Å². The second-order valence-corrected chi connectivity index (χ2v) is 9.58. The molecule has 1 aromatic rings. The molecule has 3 rings (SSSR count). The summed E-state index contributed by atoms with van der Waals surface area (Å²) in [5.74, 6) is 0. The van der Waals surface area contributed by atoms with E-state index >= 15 is 0 Å². The van der Waals surface area contributed by atoms with Crippen LogP contribution in [0.2, 0.25) is 0 Å². The molecular weight excluding hydrogens is 498 g/mol. The number of benzene rings is 1. The zero-order chi connectivity index (χ0) is 20.3. The first-order chi connectivity index (χ1) is 12.6. The van der Waals surface area contributed by atoms with E-state index in [0.29, 0.717) is 10.8 Å². The summed E-state index contributed by atoms with van der Waals surface area (Å²) >= 11 is 0. The number of hydrogen-bond donors (Lipinski definition) is 0. The molecule has 0 aliphatic heterocycles. The predicted octanol–water partition coefficient (Wildman–Crippen LogP) is 9.38. The van der Waals surface area contributed by atoms with Crippen LogP contribution in [0.25, 0.3) is 0 Å². The largest absolute Gasteiger partial charge is 4.00 e. The van der Waals surface area contributed by atoms with Gasteiger partial charge in [0, 0.05) is 0 Å². The van der Waals surface area contributed by atoms with Crippen LogP contribution in [0, 0.1) is 37.3 Å². The maximum absolute atomic E-state index is 3.72. The molecule has 3 heteroatoms. The third-order valence-corrected chi connectivity index (χ3v) is 3.82. The smallest absolute Gasteiger partial charge is 0.358 e. The molecule has 0 amide bonds. The molecule has 2 aliphatic carbocycles. The van der Waals surface area contributed by atoms with Crippen molar-refractivity contribution in [2.24, 2.45) is 10.8 Å². The zero-order valence-corrected chi connectivity index (χ0v) is 24.6. The van der Waals surface area contributed by atoms with Crippen LogP contribution in [0.15, 0.2) is 65.8 Å². The van der Waals surface area contributed by atoms with Gasteiger partial charge in [0.1, 0.15) is 0 Å². The molecule has 2 aliphatic rings. The van der Waals surface area contributed by atoms with E-state index in [9.17, 15) is 0 Å². The Kier molecular flexibility index (Phi) is 23.2. The Labute approximate surface area is 225 Å². The van der Waals surface area contributed by atoms with Gasteiger partial charge in [0.15, 0.2) is 0 Å². The van der Waals surface area contributed by atoms with Gasteiger partial charge < -0.3 is 7.43 Å². The Hall–Kier alpha value is -0.487. The molecule has 172 valence electrons. The fraction of sp³-hybridized carbons (Fsp3) is 0.429. The van der Waals surface area contributed by atoms with Crippen LogP contribution in [-0.2, 0) is 26.2 Å². The molecule has 0 unspecified atom stereocenters. The number of hydrogen-bond acceptors (Lipinski definition) is 0. The molecule has 0 radical (unpaired) electrons. The summed E-state index contributed by atoms with van der Waals surface area (Å²) < 4.78 is 0. The number of halogens is 2. The third kappa shape index (κ3) is 22.5. The number of rotatable bonds is 2. The maximum atomic E-state index is 3.72. The topological polar surface area (TPSA) is 0 Å². The Bertz CT molecular complexity index is 627. The van der Waals surface area contributed by atoms with Crippen molar-refractivity contribution in [2.45, 2.75) is 67.2 Å². The normalized spacial score (nSPS) is 13.4. The summed E-state index contributed by atoms with van der Waals surface area (Å²) in [6, 6.07) is 9.87. The van der Waals surface area contributed by atoms with Crippen molar-refractivity contribution in [2.75, 3.05) is 0 Å². The molecule has 0 fully saturated rings. The fourth-order valence-electron chi connectivity index (χ4n) is 2.76. The first kappa shape index (κ1) is 37.8. The van der Waals surface area contributed by atoms with Gasteiger partial charge in [-0.2, -0.15) is 36.8 Å². The predicted molar refractivity (Wildman–Crippen MR) is 141 cm³/mol. The summed E-state index contributed by atoms with van der Waals surface area (Å²) in [5.41, 5.74) is 4.66. The second kappa shape index (κ2) is 19.0. The third-order valence-electron chi connectivity index (χ3n) is 3.82. The quantitative estimate of drug-likeness (QED) is 0.328. The van der Waals surface area contributed by atoms with Gasteiger partial charge in [0.25, 0.3) is 0 Å². The maximum Gasteiger partial charge on any atom is 4.00 e. The van der Waals surface area contributed by atoms with Crippen molar-refractivity contribution in [1.29, 1.82) is 0 Å². The summed E-state index contributed by atoms with van der Waals surface area (Å²) in [7, 11) is 0. The molecule has 0 N–H and O–H groups in total. The molecular formula is C28H42Cl2Zr. The first-order valence-electron chi connectivity index (χ1n) is 9.95. The van der Waals surface area contributed by atoms with Crippen molar-refractivity contribution in [3.8, 4) is 0 Å². The second-order valence-electron chi connectivity index (χ2n) is 9.58. The van der Waals surface area contributed by atoms with Crippen LogP contribution >= 0.6 is 24.8 Å². The average Bonchev–Trinajstić information content (AvgIpc) is 3.20. The molecule has 0 bridgehead atoms. The number of allylic oxidation sites excluding steroid dienone is 8. The Morgan fingerprint density at radius 2 is 1.10 bits per heavy atom. The van der Waals surface area contributed by atoms with E-state index in [4.69, 9.17) is 0 Å². The van der Waals surface area contributed by atoms with E-state index in [-0.39, 0.29) is 58.4 Å². The molecule has 0 spiro atoms. The van der Waals surface area contributed by atoms with E-state index in [1.165, 1.54) is 11.1 Å². The minimum atomic E-state index is 0. The minimum absolute atomic E-state index is 0. The Balaban J connectivity index is -0.000000168. The van der Waals surface area contributed by atoms with Crippen LogP contribution in [-0.4, -0.2) is 0 Å². The van der Waals surface area contributed by atoms with E-state index in [0.717, 1.165) is 31.2 Å².